The molecular formula is C34H26N2O6. The molecule has 0 saturated carbocycles. The number of hydrogen-bond acceptors (Lipinski definition) is 6. The number of hydrogen-bond donors (Lipinski definition) is 1. The van der Waals surface area contributed by atoms with Crippen molar-refractivity contribution in [3.63, 3.8) is 0 Å². The van der Waals surface area contributed by atoms with Crippen LogP contribution in [0, 0.1) is 11.8 Å². The summed E-state index contributed by atoms with van der Waals surface area (Å²) < 4.78 is 10.6. The minimum absolute atomic E-state index is 0.0327. The summed E-state index contributed by atoms with van der Waals surface area (Å²) in [4.78, 5) is 55.3. The SMILES string of the molecule is COc1ccccc1NC(=O)COC(=O)c1ccccc1N1C(=O)[C@@H]2C3c4ccccc4C(c4ccccc43)[C@@H]2C1=O. The van der Waals surface area contributed by atoms with E-state index in [0.29, 0.717) is 11.4 Å². The van der Waals surface area contributed by atoms with E-state index in [9.17, 15) is 19.2 Å². The molecule has 0 spiro atoms. The molecule has 1 fully saturated rings. The van der Waals surface area contributed by atoms with E-state index in [1.165, 1.54) is 13.2 Å². The van der Waals surface area contributed by atoms with Crippen molar-refractivity contribution < 1.29 is 28.7 Å². The molecule has 3 amide bonds. The highest BCUT2D eigenvalue weighted by Gasteiger charge is 2.62. The van der Waals surface area contributed by atoms with Gasteiger partial charge in [-0.25, -0.2) is 9.69 Å². The Labute approximate surface area is 241 Å². The number of ether oxygens (including phenoxy) is 2. The Kier molecular flexibility index (Phi) is 6.12. The predicted molar refractivity (Wildman–Crippen MR) is 154 cm³/mol. The molecule has 1 heterocycles. The van der Waals surface area contributed by atoms with Gasteiger partial charge >= 0.3 is 5.97 Å². The summed E-state index contributed by atoms with van der Waals surface area (Å²) in [6, 6.07) is 29.3. The first-order valence-corrected chi connectivity index (χ1v) is 13.7. The number of imide groups is 1. The van der Waals surface area contributed by atoms with Crippen LogP contribution in [0.1, 0.15) is 44.4 Å². The summed E-state index contributed by atoms with van der Waals surface area (Å²) in [7, 11) is 1.49. The number of esters is 1. The fourth-order valence-electron chi connectivity index (χ4n) is 6.90. The zero-order chi connectivity index (χ0) is 29.0. The van der Waals surface area contributed by atoms with Gasteiger partial charge in [0, 0.05) is 11.8 Å². The van der Waals surface area contributed by atoms with Crippen molar-refractivity contribution in [2.45, 2.75) is 11.8 Å². The first kappa shape index (κ1) is 25.7. The van der Waals surface area contributed by atoms with Gasteiger partial charge in [0.2, 0.25) is 11.8 Å². The molecule has 1 saturated heterocycles. The van der Waals surface area contributed by atoms with Gasteiger partial charge in [0.15, 0.2) is 6.61 Å². The van der Waals surface area contributed by atoms with E-state index in [2.05, 4.69) is 5.32 Å². The number of carbonyl (C=O) groups is 4. The number of methoxy groups -OCH3 is 1. The molecule has 8 rings (SSSR count). The molecule has 2 atom stereocenters. The van der Waals surface area contributed by atoms with Crippen molar-refractivity contribution in [2.75, 3.05) is 23.9 Å². The summed E-state index contributed by atoms with van der Waals surface area (Å²) >= 11 is 0. The Morgan fingerprint density at radius 2 is 1.21 bits per heavy atom. The van der Waals surface area contributed by atoms with E-state index >= 15 is 0 Å². The molecular weight excluding hydrogens is 532 g/mol. The second-order valence-corrected chi connectivity index (χ2v) is 10.6. The van der Waals surface area contributed by atoms with Crippen molar-refractivity contribution in [1.82, 2.24) is 0 Å². The Morgan fingerprint density at radius 1 is 0.714 bits per heavy atom. The van der Waals surface area contributed by atoms with Gasteiger partial charge < -0.3 is 14.8 Å². The summed E-state index contributed by atoms with van der Waals surface area (Å²) in [5.74, 6) is -3.25. The van der Waals surface area contributed by atoms with Crippen molar-refractivity contribution in [3.8, 4) is 5.75 Å². The lowest BCUT2D eigenvalue weighted by Gasteiger charge is -2.45. The van der Waals surface area contributed by atoms with Crippen LogP contribution in [0.15, 0.2) is 97.1 Å². The van der Waals surface area contributed by atoms with Gasteiger partial charge in [0.05, 0.1) is 35.9 Å². The highest BCUT2D eigenvalue weighted by Crippen LogP contribution is 2.61. The molecule has 2 bridgehead atoms. The summed E-state index contributed by atoms with van der Waals surface area (Å²) in [5.41, 5.74) is 4.90. The topological polar surface area (TPSA) is 102 Å². The van der Waals surface area contributed by atoms with Gasteiger partial charge in [-0.2, -0.15) is 0 Å². The van der Waals surface area contributed by atoms with Crippen molar-refractivity contribution in [2.24, 2.45) is 11.8 Å². The van der Waals surface area contributed by atoms with Crippen LogP contribution in [0.25, 0.3) is 0 Å². The number of carbonyl (C=O) groups excluding carboxylic acids is 4. The summed E-state index contributed by atoms with van der Waals surface area (Å²) in [6.45, 7) is -0.562. The Hall–Kier alpha value is -5.24. The van der Waals surface area contributed by atoms with Crippen LogP contribution in [0.3, 0.4) is 0 Å². The Morgan fingerprint density at radius 3 is 1.79 bits per heavy atom. The molecule has 208 valence electrons. The number of benzene rings is 4. The minimum atomic E-state index is -0.814. The second kappa shape index (κ2) is 9.99. The second-order valence-electron chi connectivity index (χ2n) is 10.6. The molecule has 1 N–H and O–H groups in total. The average molecular weight is 559 g/mol. The van der Waals surface area contributed by atoms with E-state index in [-0.39, 0.29) is 34.9 Å². The molecule has 0 aromatic heterocycles. The maximum Gasteiger partial charge on any atom is 0.340 e. The molecule has 4 aliphatic rings. The number of nitrogens with zero attached hydrogens (tertiary/aromatic N) is 1. The highest BCUT2D eigenvalue weighted by molar-refractivity contribution is 6.25. The van der Waals surface area contributed by atoms with E-state index in [0.717, 1.165) is 27.2 Å². The maximum absolute atomic E-state index is 14.1. The van der Waals surface area contributed by atoms with Crippen molar-refractivity contribution in [3.05, 3.63) is 125 Å². The maximum atomic E-state index is 14.1. The molecule has 4 aromatic rings. The lowest BCUT2D eigenvalue weighted by Crippen LogP contribution is -2.41. The normalized spacial score (nSPS) is 21.3. The standard InChI is InChI=1S/C34H26N2O6/c1-41-26-17-9-7-15-24(26)35-27(37)18-42-34(40)23-14-6-8-16-25(23)36-32(38)30-28-19-10-2-3-11-20(19)29(31(30)33(36)39)22-13-5-4-12-21(22)28/h2-17,28-31H,18H2,1H3,(H,35,37)/t28?,29?,30-,31+. The highest BCUT2D eigenvalue weighted by atomic mass is 16.5. The number of rotatable bonds is 6. The van der Waals surface area contributed by atoms with Crippen LogP contribution in [0.5, 0.6) is 5.75 Å². The van der Waals surface area contributed by atoms with Crippen LogP contribution in [0.4, 0.5) is 11.4 Å². The van der Waals surface area contributed by atoms with Gasteiger partial charge in [-0.05, 0) is 46.5 Å². The lowest BCUT2D eigenvalue weighted by atomic mass is 9.55. The summed E-state index contributed by atoms with van der Waals surface area (Å²) in [6.07, 6.45) is 0. The van der Waals surface area contributed by atoms with Gasteiger partial charge in [-0.15, -0.1) is 0 Å². The van der Waals surface area contributed by atoms with E-state index < -0.39 is 30.3 Å². The van der Waals surface area contributed by atoms with Gasteiger partial charge in [0.1, 0.15) is 5.75 Å². The average Bonchev–Trinajstić information content (AvgIpc) is 3.29. The van der Waals surface area contributed by atoms with Gasteiger partial charge in [-0.3, -0.25) is 14.4 Å². The third kappa shape index (κ3) is 3.83. The molecule has 42 heavy (non-hydrogen) atoms. The zero-order valence-electron chi connectivity index (χ0n) is 22.7. The zero-order valence-corrected chi connectivity index (χ0v) is 22.7. The van der Waals surface area contributed by atoms with E-state index in [1.54, 1.807) is 42.5 Å². The Bertz CT molecular complexity index is 1670. The first-order chi connectivity index (χ1) is 20.5. The van der Waals surface area contributed by atoms with Gasteiger partial charge in [-0.1, -0.05) is 72.8 Å². The lowest BCUT2D eigenvalue weighted by molar-refractivity contribution is -0.122. The van der Waals surface area contributed by atoms with E-state index in [4.69, 9.17) is 9.47 Å². The largest absolute Gasteiger partial charge is 0.495 e. The molecule has 4 aromatic carbocycles. The number of amides is 3. The minimum Gasteiger partial charge on any atom is -0.495 e. The van der Waals surface area contributed by atoms with Crippen LogP contribution in [0.2, 0.25) is 0 Å². The van der Waals surface area contributed by atoms with Crippen LogP contribution < -0.4 is 15.0 Å². The molecule has 3 aliphatic carbocycles. The molecule has 0 radical (unpaired) electrons. The van der Waals surface area contributed by atoms with Crippen LogP contribution in [-0.2, 0) is 19.1 Å². The Balaban J connectivity index is 1.17. The van der Waals surface area contributed by atoms with Crippen molar-refractivity contribution >= 4 is 35.1 Å². The summed E-state index contributed by atoms with van der Waals surface area (Å²) in [5, 5.41) is 2.66. The fraction of sp³-hybridized carbons (Fsp3) is 0.176. The third-order valence-corrected chi connectivity index (χ3v) is 8.53. The molecule has 0 unspecified atom stereocenters. The van der Waals surface area contributed by atoms with E-state index in [1.807, 2.05) is 48.5 Å². The predicted octanol–water partition coefficient (Wildman–Crippen LogP) is 4.89. The monoisotopic (exact) mass is 558 g/mol. The first-order valence-electron chi connectivity index (χ1n) is 13.7. The van der Waals surface area contributed by atoms with Gasteiger partial charge in [0.25, 0.3) is 5.91 Å². The third-order valence-electron chi connectivity index (χ3n) is 8.53. The number of para-hydroxylation sites is 3. The quantitative estimate of drug-likeness (QED) is 0.267. The van der Waals surface area contributed by atoms with Crippen LogP contribution in [-0.4, -0.2) is 37.4 Å². The molecule has 8 heteroatoms. The fourth-order valence-corrected chi connectivity index (χ4v) is 6.90. The van der Waals surface area contributed by atoms with Crippen molar-refractivity contribution in [1.29, 1.82) is 0 Å². The molecule has 1 aliphatic heterocycles. The number of anilines is 2. The molecule has 8 nitrogen and oxygen atoms in total. The van der Waals surface area contributed by atoms with Crippen LogP contribution >= 0.6 is 0 Å². The smallest absolute Gasteiger partial charge is 0.340 e. The number of nitrogens with one attached hydrogen (secondary N) is 1.